The topological polar surface area (TPSA) is 50.0 Å². The van der Waals surface area contributed by atoms with Crippen molar-refractivity contribution < 1.29 is 14.8 Å². The Bertz CT molecular complexity index is 833. The van der Waals surface area contributed by atoms with E-state index in [0.29, 0.717) is 22.4 Å². The largest absolute Gasteiger partial charge is 0.455 e. The van der Waals surface area contributed by atoms with Gasteiger partial charge in [-0.25, -0.2) is 0 Å². The van der Waals surface area contributed by atoms with Gasteiger partial charge in [-0.2, -0.15) is 0 Å². The first-order valence-corrected chi connectivity index (χ1v) is 8.90. The van der Waals surface area contributed by atoms with Crippen molar-refractivity contribution >= 4 is 23.2 Å². The molecule has 0 radical (unpaired) electrons. The number of hydrogen-bond acceptors (Lipinski definition) is 2. The molecule has 0 aliphatic carbocycles. The summed E-state index contributed by atoms with van der Waals surface area (Å²) >= 11 is 12.3. The predicted molar refractivity (Wildman–Crippen MR) is 101 cm³/mol. The van der Waals surface area contributed by atoms with Crippen molar-refractivity contribution in [1.29, 1.82) is 0 Å². The molecule has 0 saturated carbocycles. The summed E-state index contributed by atoms with van der Waals surface area (Å²) in [5.74, 6) is 1.50. The predicted octanol–water partition coefficient (Wildman–Crippen LogP) is 4.44. The number of hydrogen-bond donors (Lipinski definition) is 2. The van der Waals surface area contributed by atoms with Crippen LogP contribution in [-0.2, 0) is 6.54 Å². The quantitative estimate of drug-likeness (QED) is 0.667. The van der Waals surface area contributed by atoms with Crippen LogP contribution in [0.25, 0.3) is 11.3 Å². The van der Waals surface area contributed by atoms with Crippen LogP contribution < -0.4 is 5.32 Å². The van der Waals surface area contributed by atoms with Gasteiger partial charge in [0.2, 0.25) is 0 Å². The standard InChI is InChI=1S/C20H19Cl2NO2/c1-13(20(24)14-5-3-2-4-6-14)23-12-16-8-10-19(25-16)17-11-15(21)7-9-18(17)22/h2-11,13,20,23-24H,12H2,1H3/p+1/t13-,20-/m0/s1. The Morgan fingerprint density at radius 3 is 2.56 bits per heavy atom. The van der Waals surface area contributed by atoms with Crippen molar-refractivity contribution in [3.05, 3.63) is 82.0 Å². The van der Waals surface area contributed by atoms with Gasteiger partial charge in [0, 0.05) is 10.6 Å². The van der Waals surface area contributed by atoms with Gasteiger partial charge in [-0.1, -0.05) is 53.5 Å². The fraction of sp³-hybridized carbons (Fsp3) is 0.200. The molecule has 1 heterocycles. The second-order valence-electron chi connectivity index (χ2n) is 6.04. The molecule has 0 aliphatic heterocycles. The molecule has 2 atom stereocenters. The lowest BCUT2D eigenvalue weighted by Crippen LogP contribution is -2.88. The summed E-state index contributed by atoms with van der Waals surface area (Å²) in [5, 5.41) is 13.7. The average Bonchev–Trinajstić information content (AvgIpc) is 3.10. The Kier molecular flexibility index (Phi) is 5.82. The third kappa shape index (κ3) is 4.44. The normalized spacial score (nSPS) is 13.6. The number of benzene rings is 2. The summed E-state index contributed by atoms with van der Waals surface area (Å²) in [6.07, 6.45) is -0.530. The van der Waals surface area contributed by atoms with Crippen molar-refractivity contribution in [2.24, 2.45) is 0 Å². The van der Waals surface area contributed by atoms with Crippen LogP contribution in [0.2, 0.25) is 10.0 Å². The van der Waals surface area contributed by atoms with Crippen LogP contribution in [0.15, 0.2) is 65.1 Å². The molecule has 0 saturated heterocycles. The van der Waals surface area contributed by atoms with E-state index in [9.17, 15) is 5.11 Å². The molecule has 25 heavy (non-hydrogen) atoms. The maximum absolute atomic E-state index is 10.4. The molecule has 2 aromatic carbocycles. The van der Waals surface area contributed by atoms with E-state index in [1.165, 1.54) is 0 Å². The SMILES string of the molecule is C[C@H]([NH2+]Cc1ccc(-c2cc(Cl)ccc2Cl)o1)[C@H](O)c1ccccc1. The molecule has 130 valence electrons. The number of quaternary nitrogens is 1. The summed E-state index contributed by atoms with van der Waals surface area (Å²) in [7, 11) is 0. The molecule has 5 heteroatoms. The zero-order chi connectivity index (χ0) is 17.8. The number of rotatable bonds is 6. The Morgan fingerprint density at radius 2 is 1.80 bits per heavy atom. The van der Waals surface area contributed by atoms with Crippen molar-refractivity contribution in [1.82, 2.24) is 0 Å². The van der Waals surface area contributed by atoms with Gasteiger partial charge in [-0.05, 0) is 42.8 Å². The Morgan fingerprint density at radius 1 is 1.04 bits per heavy atom. The van der Waals surface area contributed by atoms with Gasteiger partial charge in [-0.15, -0.1) is 0 Å². The van der Waals surface area contributed by atoms with Crippen LogP contribution >= 0.6 is 23.2 Å². The summed E-state index contributed by atoms with van der Waals surface area (Å²) in [5.41, 5.74) is 1.69. The number of nitrogens with two attached hydrogens (primary N) is 1. The highest BCUT2D eigenvalue weighted by Crippen LogP contribution is 2.31. The van der Waals surface area contributed by atoms with Crippen LogP contribution in [0.1, 0.15) is 24.4 Å². The lowest BCUT2D eigenvalue weighted by molar-refractivity contribution is -0.710. The molecule has 0 fully saturated rings. The van der Waals surface area contributed by atoms with Gasteiger partial charge in [-0.3, -0.25) is 0 Å². The van der Waals surface area contributed by atoms with Gasteiger partial charge in [0.25, 0.3) is 0 Å². The maximum atomic E-state index is 10.4. The number of halogens is 2. The van der Waals surface area contributed by atoms with Crippen LogP contribution in [0, 0.1) is 0 Å². The second-order valence-corrected chi connectivity index (χ2v) is 6.89. The van der Waals surface area contributed by atoms with Gasteiger partial charge in [0.15, 0.2) is 5.76 Å². The van der Waals surface area contributed by atoms with E-state index in [2.05, 4.69) is 5.32 Å². The molecule has 3 nitrogen and oxygen atoms in total. The number of aliphatic hydroxyl groups excluding tert-OH is 1. The Labute approximate surface area is 157 Å². The zero-order valence-corrected chi connectivity index (χ0v) is 15.3. The van der Waals surface area contributed by atoms with E-state index in [4.69, 9.17) is 27.6 Å². The number of furan rings is 1. The van der Waals surface area contributed by atoms with Crippen LogP contribution in [-0.4, -0.2) is 11.1 Å². The van der Waals surface area contributed by atoms with E-state index in [0.717, 1.165) is 16.9 Å². The zero-order valence-electron chi connectivity index (χ0n) is 13.8. The Balaban J connectivity index is 1.65. The van der Waals surface area contributed by atoms with Crippen LogP contribution in [0.5, 0.6) is 0 Å². The fourth-order valence-electron chi connectivity index (χ4n) is 2.70. The molecule has 3 aromatic rings. The minimum atomic E-state index is -0.530. The molecule has 0 unspecified atom stereocenters. The third-order valence-electron chi connectivity index (χ3n) is 4.19. The van der Waals surface area contributed by atoms with E-state index in [1.54, 1.807) is 18.2 Å². The minimum Gasteiger partial charge on any atom is -0.455 e. The maximum Gasteiger partial charge on any atom is 0.158 e. The van der Waals surface area contributed by atoms with E-state index >= 15 is 0 Å². The molecule has 0 amide bonds. The average molecular weight is 377 g/mol. The van der Waals surface area contributed by atoms with Crippen LogP contribution in [0.4, 0.5) is 0 Å². The highest BCUT2D eigenvalue weighted by atomic mass is 35.5. The van der Waals surface area contributed by atoms with Crippen LogP contribution in [0.3, 0.4) is 0 Å². The third-order valence-corrected chi connectivity index (χ3v) is 4.75. The van der Waals surface area contributed by atoms with Crippen molar-refractivity contribution in [3.8, 4) is 11.3 Å². The van der Waals surface area contributed by atoms with Gasteiger partial charge in [0.1, 0.15) is 24.5 Å². The Hall–Kier alpha value is -1.78. The first kappa shape index (κ1) is 18.0. The van der Waals surface area contributed by atoms with Crippen molar-refractivity contribution in [3.63, 3.8) is 0 Å². The lowest BCUT2D eigenvalue weighted by Gasteiger charge is -2.17. The molecular weight excluding hydrogens is 357 g/mol. The molecule has 0 spiro atoms. The summed E-state index contributed by atoms with van der Waals surface area (Å²) < 4.78 is 5.89. The highest BCUT2D eigenvalue weighted by molar-refractivity contribution is 6.35. The van der Waals surface area contributed by atoms with Crippen molar-refractivity contribution in [2.45, 2.75) is 25.6 Å². The smallest absolute Gasteiger partial charge is 0.158 e. The van der Waals surface area contributed by atoms with E-state index in [-0.39, 0.29) is 6.04 Å². The second kappa shape index (κ2) is 8.07. The fourth-order valence-corrected chi connectivity index (χ4v) is 3.09. The van der Waals surface area contributed by atoms with Gasteiger partial charge >= 0.3 is 0 Å². The van der Waals surface area contributed by atoms with Crippen molar-refractivity contribution in [2.75, 3.05) is 0 Å². The summed E-state index contributed by atoms with van der Waals surface area (Å²) in [6.45, 7) is 2.62. The minimum absolute atomic E-state index is 0.00528. The first-order chi connectivity index (χ1) is 12.0. The van der Waals surface area contributed by atoms with E-state index < -0.39 is 6.10 Å². The highest BCUT2D eigenvalue weighted by Gasteiger charge is 2.19. The van der Waals surface area contributed by atoms with E-state index in [1.807, 2.05) is 49.4 Å². The summed E-state index contributed by atoms with van der Waals surface area (Å²) in [4.78, 5) is 0. The number of aliphatic hydroxyl groups is 1. The lowest BCUT2D eigenvalue weighted by atomic mass is 10.0. The van der Waals surface area contributed by atoms with Gasteiger partial charge in [0.05, 0.1) is 5.02 Å². The molecule has 0 aliphatic rings. The first-order valence-electron chi connectivity index (χ1n) is 8.15. The molecule has 3 N–H and O–H groups in total. The molecule has 0 bridgehead atoms. The summed E-state index contributed by atoms with van der Waals surface area (Å²) in [6, 6.07) is 18.8. The molecule has 3 rings (SSSR count). The monoisotopic (exact) mass is 376 g/mol. The molecular formula is C20H20Cl2NO2+. The van der Waals surface area contributed by atoms with Gasteiger partial charge < -0.3 is 14.8 Å². The molecule has 1 aromatic heterocycles.